The molecule has 0 radical (unpaired) electrons. The van der Waals surface area contributed by atoms with Gasteiger partial charge in [0, 0.05) is 6.54 Å². The summed E-state index contributed by atoms with van der Waals surface area (Å²) in [5.74, 6) is 0.994. The predicted octanol–water partition coefficient (Wildman–Crippen LogP) is 2.13. The Morgan fingerprint density at radius 1 is 1.39 bits per heavy atom. The minimum absolute atomic E-state index is 0.0805. The lowest BCUT2D eigenvalue weighted by Crippen LogP contribution is -2.29. The zero-order valence-corrected chi connectivity index (χ0v) is 9.68. The number of fused-ring (bicyclic) bond motifs is 1. The molecule has 2 heterocycles. The van der Waals surface area contributed by atoms with E-state index in [1.807, 2.05) is 0 Å². The van der Waals surface area contributed by atoms with Crippen LogP contribution in [0.3, 0.4) is 0 Å². The van der Waals surface area contributed by atoms with E-state index in [2.05, 4.69) is 10.3 Å². The number of oxazole rings is 1. The maximum absolute atomic E-state index is 13.0. The Bertz CT molecular complexity index is 506. The standard InChI is InChI=1S/C12H13F3N2O/c13-12(14,15)11(1-2-11)8-5-18-9(17-8)10-3-7(10)4-16-6-10/h5,7,16H,1-4,6H2. The van der Waals surface area contributed by atoms with E-state index in [0.29, 0.717) is 11.8 Å². The number of nitrogens with zero attached hydrogens (tertiary/aromatic N) is 1. The number of aromatic nitrogens is 1. The van der Waals surface area contributed by atoms with Crippen molar-refractivity contribution in [3.63, 3.8) is 0 Å². The van der Waals surface area contributed by atoms with Gasteiger partial charge in [0.25, 0.3) is 0 Å². The number of hydrogen-bond donors (Lipinski definition) is 1. The van der Waals surface area contributed by atoms with Crippen molar-refractivity contribution in [1.29, 1.82) is 0 Å². The molecule has 2 saturated carbocycles. The van der Waals surface area contributed by atoms with Crippen LogP contribution < -0.4 is 5.32 Å². The molecule has 0 bridgehead atoms. The number of halogens is 3. The number of piperidine rings is 1. The molecule has 1 N–H and O–H groups in total. The third kappa shape index (κ3) is 1.17. The summed E-state index contributed by atoms with van der Waals surface area (Å²) in [5, 5.41) is 3.23. The SMILES string of the molecule is FC(F)(F)C1(c2coc(C34CNCC3C4)n2)CC1. The predicted molar refractivity (Wildman–Crippen MR) is 56.1 cm³/mol. The minimum atomic E-state index is -4.21. The number of rotatable bonds is 2. The molecule has 0 spiro atoms. The highest BCUT2D eigenvalue weighted by atomic mass is 19.4. The molecule has 1 saturated heterocycles. The zero-order chi connectivity index (χ0) is 12.6. The molecule has 1 aromatic heterocycles. The Hall–Kier alpha value is -1.04. The molecule has 0 amide bonds. The van der Waals surface area contributed by atoms with Crippen LogP contribution in [0.15, 0.2) is 10.7 Å². The first kappa shape index (κ1) is 10.8. The Labute approximate surface area is 102 Å². The van der Waals surface area contributed by atoms with Crippen LogP contribution in [0.2, 0.25) is 0 Å². The fourth-order valence-electron chi connectivity index (χ4n) is 3.20. The highest BCUT2D eigenvalue weighted by Gasteiger charge is 2.67. The highest BCUT2D eigenvalue weighted by Crippen LogP contribution is 2.60. The van der Waals surface area contributed by atoms with Crippen molar-refractivity contribution >= 4 is 0 Å². The largest absolute Gasteiger partial charge is 0.448 e. The number of alkyl halides is 3. The number of hydrogen-bond acceptors (Lipinski definition) is 3. The van der Waals surface area contributed by atoms with Gasteiger partial charge in [-0.2, -0.15) is 13.2 Å². The molecular formula is C12H13F3N2O. The lowest BCUT2D eigenvalue weighted by molar-refractivity contribution is -0.161. The summed E-state index contributed by atoms with van der Waals surface area (Å²) in [5.41, 5.74) is -1.75. The quantitative estimate of drug-likeness (QED) is 0.883. The maximum Gasteiger partial charge on any atom is 0.400 e. The molecule has 4 rings (SSSR count). The Morgan fingerprint density at radius 2 is 2.17 bits per heavy atom. The van der Waals surface area contributed by atoms with E-state index in [9.17, 15) is 13.2 Å². The van der Waals surface area contributed by atoms with Crippen LogP contribution in [-0.4, -0.2) is 24.2 Å². The van der Waals surface area contributed by atoms with Crippen molar-refractivity contribution in [2.45, 2.75) is 36.3 Å². The van der Waals surface area contributed by atoms with Crippen LogP contribution in [0, 0.1) is 5.92 Å². The summed E-state index contributed by atoms with van der Waals surface area (Å²) in [4.78, 5) is 4.18. The first-order chi connectivity index (χ1) is 8.48. The zero-order valence-electron chi connectivity index (χ0n) is 9.68. The second kappa shape index (κ2) is 2.92. The third-order valence-electron chi connectivity index (χ3n) is 4.78. The molecule has 2 atom stereocenters. The molecule has 3 aliphatic rings. The van der Waals surface area contributed by atoms with Crippen LogP contribution in [0.5, 0.6) is 0 Å². The van der Waals surface area contributed by atoms with Gasteiger partial charge in [-0.05, 0) is 31.7 Å². The second-order valence-corrected chi connectivity index (χ2v) is 5.81. The Kier molecular flexibility index (Phi) is 1.76. The van der Waals surface area contributed by atoms with E-state index in [0.717, 1.165) is 19.5 Å². The summed E-state index contributed by atoms with van der Waals surface area (Å²) in [6, 6.07) is 0. The molecule has 1 aromatic rings. The van der Waals surface area contributed by atoms with Crippen LogP contribution in [0.25, 0.3) is 0 Å². The molecular weight excluding hydrogens is 245 g/mol. The summed E-state index contributed by atoms with van der Waals surface area (Å²) < 4.78 is 44.3. The smallest absolute Gasteiger partial charge is 0.400 e. The summed E-state index contributed by atoms with van der Waals surface area (Å²) in [6.45, 7) is 1.69. The van der Waals surface area contributed by atoms with E-state index >= 15 is 0 Å². The van der Waals surface area contributed by atoms with E-state index in [4.69, 9.17) is 4.42 Å². The molecule has 3 fully saturated rings. The van der Waals surface area contributed by atoms with Gasteiger partial charge in [0.15, 0.2) is 0 Å². The van der Waals surface area contributed by atoms with Crippen LogP contribution >= 0.6 is 0 Å². The van der Waals surface area contributed by atoms with Crippen molar-refractivity contribution < 1.29 is 17.6 Å². The Morgan fingerprint density at radius 3 is 2.67 bits per heavy atom. The van der Waals surface area contributed by atoms with Crippen LogP contribution in [0.1, 0.15) is 30.8 Å². The first-order valence-electron chi connectivity index (χ1n) is 6.22. The lowest BCUT2D eigenvalue weighted by atomic mass is 10.0. The van der Waals surface area contributed by atoms with E-state index in [-0.39, 0.29) is 24.0 Å². The molecule has 0 aromatic carbocycles. The summed E-state index contributed by atoms with van der Waals surface area (Å²) in [7, 11) is 0. The second-order valence-electron chi connectivity index (χ2n) is 5.81. The molecule has 3 nitrogen and oxygen atoms in total. The molecule has 6 heteroatoms. The van der Waals surface area contributed by atoms with Gasteiger partial charge in [0.2, 0.25) is 5.89 Å². The normalized spacial score (nSPS) is 36.5. The van der Waals surface area contributed by atoms with E-state index in [1.165, 1.54) is 6.26 Å². The van der Waals surface area contributed by atoms with Gasteiger partial charge in [-0.25, -0.2) is 4.98 Å². The van der Waals surface area contributed by atoms with E-state index in [1.54, 1.807) is 0 Å². The molecule has 2 aliphatic carbocycles. The van der Waals surface area contributed by atoms with Crippen molar-refractivity contribution in [3.8, 4) is 0 Å². The Balaban J connectivity index is 1.68. The van der Waals surface area contributed by atoms with Gasteiger partial charge in [0.05, 0.1) is 11.1 Å². The van der Waals surface area contributed by atoms with Crippen LogP contribution in [-0.2, 0) is 10.8 Å². The fraction of sp³-hybridized carbons (Fsp3) is 0.750. The molecule has 98 valence electrons. The van der Waals surface area contributed by atoms with Crippen molar-refractivity contribution in [3.05, 3.63) is 17.8 Å². The number of nitrogens with one attached hydrogen (secondary N) is 1. The van der Waals surface area contributed by atoms with E-state index < -0.39 is 11.6 Å². The monoisotopic (exact) mass is 258 g/mol. The minimum Gasteiger partial charge on any atom is -0.448 e. The molecule has 18 heavy (non-hydrogen) atoms. The first-order valence-corrected chi connectivity index (χ1v) is 6.22. The van der Waals surface area contributed by atoms with Crippen molar-refractivity contribution in [1.82, 2.24) is 10.3 Å². The highest BCUT2D eigenvalue weighted by molar-refractivity contribution is 5.31. The van der Waals surface area contributed by atoms with Crippen LogP contribution in [0.4, 0.5) is 13.2 Å². The van der Waals surface area contributed by atoms with Gasteiger partial charge in [0.1, 0.15) is 11.7 Å². The van der Waals surface area contributed by atoms with Gasteiger partial charge >= 0.3 is 6.18 Å². The van der Waals surface area contributed by atoms with Gasteiger partial charge in [-0.15, -0.1) is 0 Å². The third-order valence-corrected chi connectivity index (χ3v) is 4.78. The van der Waals surface area contributed by atoms with Gasteiger partial charge in [-0.1, -0.05) is 0 Å². The van der Waals surface area contributed by atoms with Gasteiger partial charge in [-0.3, -0.25) is 0 Å². The van der Waals surface area contributed by atoms with Gasteiger partial charge < -0.3 is 9.73 Å². The fourth-order valence-corrected chi connectivity index (χ4v) is 3.20. The average Bonchev–Trinajstić information content (AvgIpc) is 3.16. The summed E-state index contributed by atoms with van der Waals surface area (Å²) >= 11 is 0. The lowest BCUT2D eigenvalue weighted by Gasteiger charge is -2.15. The maximum atomic E-state index is 13.0. The summed E-state index contributed by atoms with van der Waals surface area (Å²) in [6.07, 6.45) is -1.73. The van der Waals surface area contributed by atoms with Crippen molar-refractivity contribution in [2.24, 2.45) is 5.92 Å². The van der Waals surface area contributed by atoms with Crippen molar-refractivity contribution in [2.75, 3.05) is 13.1 Å². The molecule has 2 unspecified atom stereocenters. The average molecular weight is 258 g/mol. The topological polar surface area (TPSA) is 38.1 Å². The molecule has 1 aliphatic heterocycles.